The lowest BCUT2D eigenvalue weighted by atomic mass is 9.82. The van der Waals surface area contributed by atoms with Crippen molar-refractivity contribution < 1.29 is 5.11 Å². The summed E-state index contributed by atoms with van der Waals surface area (Å²) in [6.45, 7) is 15.6. The summed E-state index contributed by atoms with van der Waals surface area (Å²) in [5.74, 6) is 0.648. The fourth-order valence-electron chi connectivity index (χ4n) is 3.07. The molecule has 0 fully saturated rings. The van der Waals surface area contributed by atoms with Crippen LogP contribution in [0.5, 0.6) is 0 Å². The first-order valence-corrected chi connectivity index (χ1v) is 8.47. The molecule has 0 amide bonds. The second-order valence-corrected chi connectivity index (χ2v) is 7.61. The Balaban J connectivity index is 2.89. The smallest absolute Gasteiger partial charge is 0.0583 e. The Labute approximate surface area is 131 Å². The highest BCUT2D eigenvalue weighted by atomic mass is 16.3. The molecule has 1 aromatic rings. The van der Waals surface area contributed by atoms with Crippen molar-refractivity contribution in [2.75, 3.05) is 0 Å². The van der Waals surface area contributed by atoms with Gasteiger partial charge in [0.15, 0.2) is 0 Å². The lowest BCUT2D eigenvalue weighted by molar-refractivity contribution is 0.139. The zero-order chi connectivity index (χ0) is 16.2. The molecule has 0 spiro atoms. The first-order chi connectivity index (χ1) is 9.68. The van der Waals surface area contributed by atoms with Crippen molar-refractivity contribution in [1.82, 2.24) is 0 Å². The Morgan fingerprint density at radius 3 is 1.86 bits per heavy atom. The van der Waals surface area contributed by atoms with Crippen LogP contribution >= 0.6 is 0 Å². The van der Waals surface area contributed by atoms with Crippen LogP contribution in [0.15, 0.2) is 12.1 Å². The maximum absolute atomic E-state index is 10.4. The van der Waals surface area contributed by atoms with Crippen LogP contribution in [0.4, 0.5) is 0 Å². The molecule has 1 unspecified atom stereocenters. The lowest BCUT2D eigenvalue weighted by Gasteiger charge is -2.24. The Bertz CT molecular complexity index is 426. The van der Waals surface area contributed by atoms with E-state index < -0.39 is 0 Å². The molecule has 0 heterocycles. The van der Waals surface area contributed by atoms with E-state index in [1.165, 1.54) is 22.3 Å². The molecule has 0 aromatic heterocycles. The highest BCUT2D eigenvalue weighted by Crippen LogP contribution is 2.28. The molecule has 0 aliphatic carbocycles. The summed E-state index contributed by atoms with van der Waals surface area (Å²) >= 11 is 0. The number of hydrogen-bond acceptors (Lipinski definition) is 1. The van der Waals surface area contributed by atoms with E-state index >= 15 is 0 Å². The number of benzene rings is 1. The van der Waals surface area contributed by atoms with E-state index in [0.29, 0.717) is 5.92 Å². The first kappa shape index (κ1) is 18.2. The highest BCUT2D eigenvalue weighted by Gasteiger charge is 2.18. The Morgan fingerprint density at radius 2 is 1.48 bits per heavy atom. The summed E-state index contributed by atoms with van der Waals surface area (Å²) in [7, 11) is 0. The molecule has 0 aliphatic rings. The Kier molecular flexibility index (Phi) is 6.46. The zero-order valence-corrected chi connectivity index (χ0v) is 15.1. The van der Waals surface area contributed by atoms with Crippen LogP contribution in [0.1, 0.15) is 76.1 Å². The van der Waals surface area contributed by atoms with Gasteiger partial charge < -0.3 is 5.11 Å². The topological polar surface area (TPSA) is 20.2 Å². The second-order valence-electron chi connectivity index (χ2n) is 7.61. The van der Waals surface area contributed by atoms with Crippen LogP contribution in [0, 0.1) is 19.8 Å². The van der Waals surface area contributed by atoms with E-state index in [2.05, 4.69) is 60.6 Å². The molecule has 1 N–H and O–H groups in total. The van der Waals surface area contributed by atoms with Gasteiger partial charge in [0.25, 0.3) is 0 Å². The van der Waals surface area contributed by atoms with E-state index in [0.717, 1.165) is 25.7 Å². The van der Waals surface area contributed by atoms with Gasteiger partial charge in [-0.25, -0.2) is 0 Å². The average molecular weight is 290 g/mol. The SMILES string of the molecule is CCC(CC)CC(O)Cc1c(C)cc(C(C)(C)C)cc1C. The number of hydrogen-bond donors (Lipinski definition) is 1. The van der Waals surface area contributed by atoms with Gasteiger partial charge in [0, 0.05) is 0 Å². The van der Waals surface area contributed by atoms with Gasteiger partial charge in [-0.15, -0.1) is 0 Å². The molecule has 0 saturated carbocycles. The minimum absolute atomic E-state index is 0.183. The van der Waals surface area contributed by atoms with Crippen LogP contribution in [-0.2, 0) is 11.8 Å². The van der Waals surface area contributed by atoms with E-state index in [1.54, 1.807) is 0 Å². The maximum atomic E-state index is 10.4. The molecule has 1 nitrogen and oxygen atoms in total. The van der Waals surface area contributed by atoms with Crippen molar-refractivity contribution in [3.8, 4) is 0 Å². The van der Waals surface area contributed by atoms with Crippen LogP contribution < -0.4 is 0 Å². The fourth-order valence-corrected chi connectivity index (χ4v) is 3.07. The van der Waals surface area contributed by atoms with Crippen molar-refractivity contribution in [1.29, 1.82) is 0 Å². The molecule has 1 atom stereocenters. The van der Waals surface area contributed by atoms with Crippen molar-refractivity contribution in [3.05, 3.63) is 34.4 Å². The van der Waals surface area contributed by atoms with Gasteiger partial charge in [-0.3, -0.25) is 0 Å². The summed E-state index contributed by atoms with van der Waals surface area (Å²) in [5.41, 5.74) is 5.55. The van der Waals surface area contributed by atoms with Gasteiger partial charge in [-0.1, -0.05) is 59.6 Å². The number of aliphatic hydroxyl groups is 1. The molecule has 0 saturated heterocycles. The van der Waals surface area contributed by atoms with Crippen molar-refractivity contribution >= 4 is 0 Å². The zero-order valence-electron chi connectivity index (χ0n) is 15.1. The van der Waals surface area contributed by atoms with E-state index in [9.17, 15) is 5.11 Å². The number of rotatable bonds is 6. The third-order valence-corrected chi connectivity index (χ3v) is 4.76. The van der Waals surface area contributed by atoms with Gasteiger partial charge in [-0.05, 0) is 60.3 Å². The van der Waals surface area contributed by atoms with Crippen LogP contribution in [0.3, 0.4) is 0 Å². The third-order valence-electron chi connectivity index (χ3n) is 4.76. The standard InChI is InChI=1S/C20H34O/c1-8-16(9-2)12-18(21)13-19-14(3)10-17(11-15(19)4)20(5,6)7/h10-11,16,18,21H,8-9,12-13H2,1-7H3. The normalized spacial score (nSPS) is 13.8. The van der Waals surface area contributed by atoms with Crippen LogP contribution in [0.25, 0.3) is 0 Å². The summed E-state index contributed by atoms with van der Waals surface area (Å²) in [4.78, 5) is 0. The molecular formula is C20H34O. The van der Waals surface area contributed by atoms with E-state index in [-0.39, 0.29) is 11.5 Å². The first-order valence-electron chi connectivity index (χ1n) is 8.47. The van der Waals surface area contributed by atoms with E-state index in [1.807, 2.05) is 0 Å². The molecule has 120 valence electrons. The van der Waals surface area contributed by atoms with Gasteiger partial charge in [-0.2, -0.15) is 0 Å². The van der Waals surface area contributed by atoms with Crippen molar-refractivity contribution in [3.63, 3.8) is 0 Å². The summed E-state index contributed by atoms with van der Waals surface area (Å²) in [6, 6.07) is 4.60. The van der Waals surface area contributed by atoms with Crippen LogP contribution in [0.2, 0.25) is 0 Å². The molecular weight excluding hydrogens is 256 g/mol. The Hall–Kier alpha value is -0.820. The summed E-state index contributed by atoms with van der Waals surface area (Å²) in [5, 5.41) is 10.4. The summed E-state index contributed by atoms with van der Waals surface area (Å²) < 4.78 is 0. The summed E-state index contributed by atoms with van der Waals surface area (Å²) in [6.07, 6.45) is 3.82. The molecule has 0 bridgehead atoms. The minimum Gasteiger partial charge on any atom is -0.393 e. The predicted octanol–water partition coefficient (Wildman–Crippen LogP) is 5.33. The molecule has 1 aromatic carbocycles. The van der Waals surface area contributed by atoms with Crippen molar-refractivity contribution in [2.45, 2.75) is 85.7 Å². The van der Waals surface area contributed by atoms with Crippen molar-refractivity contribution in [2.24, 2.45) is 5.92 Å². The molecule has 0 aliphatic heterocycles. The maximum Gasteiger partial charge on any atom is 0.0583 e. The predicted molar refractivity (Wildman–Crippen MR) is 93.0 cm³/mol. The highest BCUT2D eigenvalue weighted by molar-refractivity contribution is 5.40. The monoisotopic (exact) mass is 290 g/mol. The molecule has 21 heavy (non-hydrogen) atoms. The third kappa shape index (κ3) is 5.14. The fraction of sp³-hybridized carbons (Fsp3) is 0.700. The molecule has 1 rings (SSSR count). The lowest BCUT2D eigenvalue weighted by Crippen LogP contribution is -2.18. The largest absolute Gasteiger partial charge is 0.393 e. The number of aryl methyl sites for hydroxylation is 2. The van der Waals surface area contributed by atoms with Gasteiger partial charge in [0.2, 0.25) is 0 Å². The average Bonchev–Trinajstić information content (AvgIpc) is 2.38. The van der Waals surface area contributed by atoms with Gasteiger partial charge in [0.1, 0.15) is 0 Å². The number of aliphatic hydroxyl groups excluding tert-OH is 1. The van der Waals surface area contributed by atoms with Gasteiger partial charge >= 0.3 is 0 Å². The molecule has 0 radical (unpaired) electrons. The quantitative estimate of drug-likeness (QED) is 0.750. The minimum atomic E-state index is -0.215. The molecule has 1 heteroatoms. The van der Waals surface area contributed by atoms with E-state index in [4.69, 9.17) is 0 Å². The Morgan fingerprint density at radius 1 is 1.00 bits per heavy atom. The second kappa shape index (κ2) is 7.45. The van der Waals surface area contributed by atoms with Crippen LogP contribution in [-0.4, -0.2) is 11.2 Å². The van der Waals surface area contributed by atoms with Gasteiger partial charge in [0.05, 0.1) is 6.10 Å².